The molecule has 18 nitrogen and oxygen atoms in total. The van der Waals surface area contributed by atoms with Crippen LogP contribution in [0, 0.1) is 11.6 Å². The maximum atomic E-state index is 15.5. The molecule has 2 amide bonds. The van der Waals surface area contributed by atoms with E-state index in [2.05, 4.69) is 25.4 Å². The van der Waals surface area contributed by atoms with E-state index in [0.717, 1.165) is 34.0 Å². The zero-order valence-electron chi connectivity index (χ0n) is 31.5. The Kier molecular flexibility index (Phi) is 8.74. The fraction of sp³-hybridized carbons (Fsp3) is 0.308. The summed E-state index contributed by atoms with van der Waals surface area (Å²) in [5.74, 6) is 0.110. The van der Waals surface area contributed by atoms with Crippen LogP contribution in [0.25, 0.3) is 16.8 Å². The first kappa shape index (κ1) is 36.4. The normalized spacial score (nSPS) is 18.6. The van der Waals surface area contributed by atoms with Gasteiger partial charge in [0.15, 0.2) is 5.82 Å². The molecule has 2 N–H and O–H groups in total. The van der Waals surface area contributed by atoms with Gasteiger partial charge in [0, 0.05) is 44.0 Å². The van der Waals surface area contributed by atoms with Gasteiger partial charge in [-0.05, 0) is 64.4 Å². The first-order valence-corrected chi connectivity index (χ1v) is 18.9. The van der Waals surface area contributed by atoms with Crippen molar-refractivity contribution in [2.75, 3.05) is 45.9 Å². The van der Waals surface area contributed by atoms with Crippen molar-refractivity contribution in [3.8, 4) is 16.8 Å². The van der Waals surface area contributed by atoms with Crippen molar-refractivity contribution in [3.05, 3.63) is 107 Å². The highest BCUT2D eigenvalue weighted by Gasteiger charge is 2.34. The molecule has 3 aromatic heterocycles. The third-order valence-corrected chi connectivity index (χ3v) is 11.0. The first-order valence-electron chi connectivity index (χ1n) is 18.9. The molecule has 0 saturated carbocycles. The van der Waals surface area contributed by atoms with E-state index < -0.39 is 36.0 Å². The van der Waals surface area contributed by atoms with Gasteiger partial charge >= 0.3 is 12.2 Å². The Labute approximate surface area is 334 Å². The molecule has 2 fully saturated rings. The van der Waals surface area contributed by atoms with Gasteiger partial charge in [-0.2, -0.15) is 9.90 Å². The number of halogens is 2. The minimum absolute atomic E-state index is 0.128. The number of benzene rings is 3. The van der Waals surface area contributed by atoms with E-state index in [1.165, 1.54) is 31.4 Å². The van der Waals surface area contributed by atoms with Gasteiger partial charge in [-0.15, -0.1) is 5.10 Å². The monoisotopic (exact) mass is 806 g/mol. The lowest BCUT2D eigenvalue weighted by atomic mass is 10.00. The van der Waals surface area contributed by atoms with E-state index >= 15 is 8.78 Å². The predicted molar refractivity (Wildman–Crippen MR) is 205 cm³/mol. The van der Waals surface area contributed by atoms with Crippen LogP contribution >= 0.6 is 0 Å². The number of aryl methyl sites for hydroxylation is 1. The molecule has 6 aromatic rings. The molecule has 10 rings (SSSR count). The molecule has 2 unspecified atom stereocenters. The predicted octanol–water partition coefficient (Wildman–Crippen LogP) is 3.26. The van der Waals surface area contributed by atoms with E-state index in [1.807, 2.05) is 40.9 Å². The van der Waals surface area contributed by atoms with Crippen LogP contribution in [0.4, 0.5) is 41.6 Å². The number of ether oxygens (including phenoxy) is 2. The Morgan fingerprint density at radius 2 is 1.49 bits per heavy atom. The number of aromatic nitrogens is 8. The summed E-state index contributed by atoms with van der Waals surface area (Å²) >= 11 is 0. The van der Waals surface area contributed by atoms with Crippen LogP contribution in [0.1, 0.15) is 28.1 Å². The molecule has 4 aliphatic heterocycles. The van der Waals surface area contributed by atoms with E-state index in [9.17, 15) is 19.8 Å². The number of rotatable bonds is 10. The van der Waals surface area contributed by atoms with Crippen molar-refractivity contribution in [1.29, 1.82) is 0 Å². The van der Waals surface area contributed by atoms with Crippen LogP contribution in [0.5, 0.6) is 0 Å². The molecule has 59 heavy (non-hydrogen) atoms. The largest absolute Gasteiger partial charge is 0.441 e. The van der Waals surface area contributed by atoms with E-state index in [1.54, 1.807) is 30.5 Å². The van der Waals surface area contributed by atoms with Gasteiger partial charge < -0.3 is 34.1 Å². The number of hydrogen-bond donors (Lipinski definition) is 2. The molecule has 3 aromatic carbocycles. The van der Waals surface area contributed by atoms with Crippen LogP contribution in [0.2, 0.25) is 0 Å². The van der Waals surface area contributed by atoms with Crippen LogP contribution < -0.4 is 19.6 Å². The van der Waals surface area contributed by atoms with Gasteiger partial charge in [-0.1, -0.05) is 17.2 Å². The van der Waals surface area contributed by atoms with Gasteiger partial charge in [0.2, 0.25) is 5.95 Å². The Morgan fingerprint density at radius 3 is 2.19 bits per heavy atom. The van der Waals surface area contributed by atoms with Crippen molar-refractivity contribution >= 4 is 35.5 Å². The number of aliphatic hydroxyl groups is 2. The zero-order chi connectivity index (χ0) is 40.5. The summed E-state index contributed by atoms with van der Waals surface area (Å²) in [6.45, 7) is 1.94. The number of anilines is 4. The van der Waals surface area contributed by atoms with Crippen molar-refractivity contribution in [2.45, 2.75) is 44.9 Å². The summed E-state index contributed by atoms with van der Waals surface area (Å²) in [5, 5.41) is 36.3. The number of imidazole rings is 1. The molecule has 0 radical (unpaired) electrons. The highest BCUT2D eigenvalue weighted by molar-refractivity contribution is 5.91. The van der Waals surface area contributed by atoms with Crippen molar-refractivity contribution in [1.82, 2.24) is 39.5 Å². The summed E-state index contributed by atoms with van der Waals surface area (Å²) in [4.78, 5) is 37.5. The van der Waals surface area contributed by atoms with E-state index in [0.29, 0.717) is 54.6 Å². The second-order valence-electron chi connectivity index (χ2n) is 14.9. The molecule has 0 bridgehead atoms. The number of nitrogens with zero attached hydrogens (tertiary/aromatic N) is 12. The number of cyclic esters (lactones) is 2. The second kappa shape index (κ2) is 14.2. The molecular formula is C39H36F2N12O6. The van der Waals surface area contributed by atoms with Crippen molar-refractivity contribution < 1.29 is 38.1 Å². The van der Waals surface area contributed by atoms with Crippen molar-refractivity contribution in [2.24, 2.45) is 7.05 Å². The fourth-order valence-electron chi connectivity index (χ4n) is 8.06. The zero-order valence-corrected chi connectivity index (χ0v) is 31.5. The number of aliphatic hydroxyl groups excluding tert-OH is 2. The van der Waals surface area contributed by atoms with E-state index in [4.69, 9.17) is 14.5 Å². The van der Waals surface area contributed by atoms with Crippen molar-refractivity contribution in [3.63, 3.8) is 0 Å². The first-order chi connectivity index (χ1) is 28.6. The Hall–Kier alpha value is -6.93. The topological polar surface area (TPSA) is 185 Å². The molecule has 0 aliphatic carbocycles. The number of amides is 2. The number of hydrogen-bond acceptors (Lipinski definition) is 13. The maximum absolute atomic E-state index is 15.5. The smallest absolute Gasteiger partial charge is 0.414 e. The molecule has 2 atom stereocenters. The summed E-state index contributed by atoms with van der Waals surface area (Å²) in [6.07, 6.45) is 1.04. The summed E-state index contributed by atoms with van der Waals surface area (Å²) in [5.41, 5.74) is 6.57. The second-order valence-corrected chi connectivity index (χ2v) is 14.9. The average molecular weight is 807 g/mol. The van der Waals surface area contributed by atoms with Crippen LogP contribution in [0.3, 0.4) is 0 Å². The van der Waals surface area contributed by atoms with Gasteiger partial charge in [0.25, 0.3) is 5.95 Å². The minimum atomic E-state index is -0.661. The van der Waals surface area contributed by atoms with Gasteiger partial charge in [0.05, 0.1) is 61.8 Å². The molecule has 302 valence electrons. The SMILES string of the molecule is Cn1cc(Cn2nnc(N3Cc4cnn(-c5ccc(N6CC(CO)OC6=O)cc5F)c4C3)n2)nc1N1Cc2ccc(-c3ccc(N4CC(CO)OC4=O)cc3F)cc2C1. The van der Waals surface area contributed by atoms with Gasteiger partial charge in [-0.3, -0.25) is 9.80 Å². The highest BCUT2D eigenvalue weighted by Crippen LogP contribution is 2.35. The molecule has 0 spiro atoms. The molecule has 20 heteroatoms. The van der Waals surface area contributed by atoms with Crippen LogP contribution in [0.15, 0.2) is 67.0 Å². The highest BCUT2D eigenvalue weighted by atomic mass is 19.1. The number of carbonyl (C=O) groups excluding carboxylic acids is 2. The maximum Gasteiger partial charge on any atom is 0.414 e. The molecule has 4 aliphatic rings. The average Bonchev–Trinajstić information content (AvgIpc) is 4.09. The lowest BCUT2D eigenvalue weighted by Crippen LogP contribution is -2.25. The van der Waals surface area contributed by atoms with Gasteiger partial charge in [-0.25, -0.2) is 28.0 Å². The lowest BCUT2D eigenvalue weighted by molar-refractivity contribution is 0.0960. The molecule has 7 heterocycles. The minimum Gasteiger partial charge on any atom is -0.441 e. The third-order valence-electron chi connectivity index (χ3n) is 11.0. The number of tetrazole rings is 1. The van der Waals surface area contributed by atoms with E-state index in [-0.39, 0.29) is 38.5 Å². The Morgan fingerprint density at radius 1 is 0.797 bits per heavy atom. The Bertz CT molecular complexity index is 2650. The number of fused-ring (bicyclic) bond motifs is 2. The van der Waals surface area contributed by atoms with Crippen LogP contribution in [-0.4, -0.2) is 100 Å². The molecular weight excluding hydrogens is 771 g/mol. The summed E-state index contributed by atoms with van der Waals surface area (Å²) < 4.78 is 44.6. The van der Waals surface area contributed by atoms with Crippen LogP contribution in [-0.2, 0) is 49.2 Å². The summed E-state index contributed by atoms with van der Waals surface area (Å²) in [6, 6.07) is 14.9. The quantitative estimate of drug-likeness (QED) is 0.206. The summed E-state index contributed by atoms with van der Waals surface area (Å²) in [7, 11) is 1.92. The number of carbonyl (C=O) groups is 2. The Balaban J connectivity index is 0.787. The standard InChI is InChI=1S/C39H36F2N12O6/c1-47-15-26(43-37(47)49-12-23-3-2-22(8-24(23)13-49)31-6-4-27(9-32(31)40)50-17-29(20-54)58-38(50)56)16-52-45-36(44-46-52)48-14-25-11-42-53(35(25)19-48)34-7-5-28(10-33(34)41)51-18-30(21-55)59-39(51)57/h2-11,15,29-30,54-55H,12-14,16-21H2,1H3. The van der Waals surface area contributed by atoms with Gasteiger partial charge in [0.1, 0.15) is 30.3 Å². The fourth-order valence-corrected chi connectivity index (χ4v) is 8.06. The third kappa shape index (κ3) is 6.45. The lowest BCUT2D eigenvalue weighted by Gasteiger charge is -2.16. The molecule has 2 saturated heterocycles.